The van der Waals surface area contributed by atoms with Crippen molar-refractivity contribution in [3.63, 3.8) is 0 Å². The number of aliphatic carboxylic acids is 1. The van der Waals surface area contributed by atoms with Crippen LogP contribution in [-0.4, -0.2) is 108 Å². The number of nitrogens with one attached hydrogen (secondary N) is 1. The van der Waals surface area contributed by atoms with Crippen LogP contribution in [0.3, 0.4) is 0 Å². The van der Waals surface area contributed by atoms with Crippen molar-refractivity contribution in [3.8, 4) is 0 Å². The number of carbonyl (C=O) groups excluding carboxylic acids is 2. The van der Waals surface area contributed by atoms with E-state index in [1.807, 2.05) is 5.32 Å². The molecular weight excluding hydrogens is 518 g/mol. The largest absolute Gasteiger partial charge is 0.479 e. The molecule has 1 aliphatic heterocycles. The minimum absolute atomic E-state index is 0.0414. The van der Waals surface area contributed by atoms with Crippen molar-refractivity contribution >= 4 is 39.0 Å². The second-order valence-electron chi connectivity index (χ2n) is 6.55. The fourth-order valence-electron chi connectivity index (χ4n) is 2.51. The van der Waals surface area contributed by atoms with Crippen LogP contribution in [-0.2, 0) is 53.0 Å². The monoisotopic (exact) mass is 540 g/mol. The van der Waals surface area contributed by atoms with E-state index in [0.717, 1.165) is 6.92 Å². The van der Waals surface area contributed by atoms with E-state index in [1.165, 1.54) is 0 Å². The number of aldehydes is 1. The minimum Gasteiger partial charge on any atom is -0.479 e. The first-order chi connectivity index (χ1) is 16.0. The standard InChI is InChI=1S/C14H21NO17S2/c1-5(17)15-6(3-16)10(20)11(8(19)4-29-33(23,24)25)31-14-12(32-34(26,27)28)7(18)2-9(30-14)13(21)22/h3,6-11,18-20H,2,4H2,1H3,(H,15,17)(H,21,22)(H,23,24,25)(H,26,27,28)/t6-,7+,8+,9+,10+,11+/m0/s1/i/hD. The van der Waals surface area contributed by atoms with E-state index in [-0.39, 0.29) is 6.29 Å². The molecule has 196 valence electrons. The Bertz CT molecular complexity index is 1030. The highest BCUT2D eigenvalue weighted by Gasteiger charge is 2.43. The van der Waals surface area contributed by atoms with Gasteiger partial charge < -0.3 is 44.2 Å². The molecule has 7 N–H and O–H groups in total. The Balaban J connectivity index is 3.48. The molecule has 0 fully saturated rings. The lowest BCUT2D eigenvalue weighted by Crippen LogP contribution is -2.54. The van der Waals surface area contributed by atoms with Gasteiger partial charge in [-0.2, -0.15) is 16.8 Å². The van der Waals surface area contributed by atoms with Crippen molar-refractivity contribution in [2.45, 2.75) is 49.9 Å². The average Bonchev–Trinajstić information content (AvgIpc) is 2.74. The maximum atomic E-state index is 11.3. The summed E-state index contributed by atoms with van der Waals surface area (Å²) in [6.45, 7) is -0.420. The summed E-state index contributed by atoms with van der Waals surface area (Å²) < 4.78 is 81.3. The molecule has 20 heteroatoms. The number of hydrogen-bond acceptors (Lipinski definition) is 15. The zero-order chi connectivity index (χ0) is 27.1. The van der Waals surface area contributed by atoms with Gasteiger partial charge in [0.15, 0.2) is 6.10 Å². The number of carboxylic acid groups (broad SMARTS) is 1. The third-order valence-electron chi connectivity index (χ3n) is 3.89. The summed E-state index contributed by atoms with van der Waals surface area (Å²) in [6.07, 6.45) is -11.8. The third kappa shape index (κ3) is 9.34. The Kier molecular flexibility index (Phi) is 9.52. The van der Waals surface area contributed by atoms with Crippen LogP contribution in [0, 0.1) is 0 Å². The maximum absolute atomic E-state index is 11.3. The molecule has 0 aromatic heterocycles. The van der Waals surface area contributed by atoms with E-state index < -0.39 is 94.0 Å². The van der Waals surface area contributed by atoms with Gasteiger partial charge in [-0.1, -0.05) is 0 Å². The second kappa shape index (κ2) is 11.7. The highest BCUT2D eigenvalue weighted by molar-refractivity contribution is 7.81. The summed E-state index contributed by atoms with van der Waals surface area (Å²) in [5.41, 5.74) is 0. The van der Waals surface area contributed by atoms with E-state index >= 15 is 0 Å². The number of hydrogen-bond donors (Lipinski definition) is 7. The number of aliphatic hydroxyl groups is 3. The van der Waals surface area contributed by atoms with Crippen molar-refractivity contribution in [1.29, 1.82) is 1.43 Å². The number of carbonyl (C=O) groups is 3. The summed E-state index contributed by atoms with van der Waals surface area (Å²) >= 11 is 0. The molecule has 1 amide bonds. The number of ether oxygens (including phenoxy) is 2. The van der Waals surface area contributed by atoms with Crippen LogP contribution in [0.2, 0.25) is 0 Å². The van der Waals surface area contributed by atoms with Gasteiger partial charge in [-0.25, -0.2) is 8.98 Å². The quantitative estimate of drug-likeness (QED) is 0.0812. The number of rotatable bonds is 14. The van der Waals surface area contributed by atoms with Gasteiger partial charge in [-0.15, -0.1) is 0 Å². The predicted molar refractivity (Wildman–Crippen MR) is 101 cm³/mol. The zero-order valence-electron chi connectivity index (χ0n) is 17.9. The smallest absolute Gasteiger partial charge is 0.446 e. The number of amides is 1. The van der Waals surface area contributed by atoms with Crippen LogP contribution in [0.4, 0.5) is 0 Å². The highest BCUT2D eigenvalue weighted by Crippen LogP contribution is 2.30. The first kappa shape index (κ1) is 27.7. The lowest BCUT2D eigenvalue weighted by atomic mass is 10.0. The molecule has 0 aromatic carbocycles. The molecule has 0 spiro atoms. The Morgan fingerprint density at radius 1 is 1.29 bits per heavy atom. The SMILES string of the molecule is [2H]OS(=O)(=O)OC[C@@H](O)[C@@H](OC1=C(OS(=O)(=O)O)[C@H](O)C[C@H](C(=O)O)O1)[C@H](O)[C@H](C=O)NC(C)=O. The lowest BCUT2D eigenvalue weighted by Gasteiger charge is -2.34. The molecule has 1 aliphatic rings. The summed E-state index contributed by atoms with van der Waals surface area (Å²) in [6, 6.07) is -1.87. The van der Waals surface area contributed by atoms with Crippen molar-refractivity contribution in [2.24, 2.45) is 0 Å². The van der Waals surface area contributed by atoms with Crippen molar-refractivity contribution in [3.05, 3.63) is 11.7 Å². The van der Waals surface area contributed by atoms with Crippen LogP contribution in [0.25, 0.3) is 1.43 Å². The van der Waals surface area contributed by atoms with E-state index in [4.69, 9.17) is 20.6 Å². The Morgan fingerprint density at radius 3 is 2.38 bits per heavy atom. The van der Waals surface area contributed by atoms with E-state index in [0.29, 0.717) is 0 Å². The third-order valence-corrected chi connectivity index (χ3v) is 4.70. The van der Waals surface area contributed by atoms with Crippen LogP contribution in [0.5, 0.6) is 0 Å². The molecule has 0 aliphatic carbocycles. The summed E-state index contributed by atoms with van der Waals surface area (Å²) in [5, 5.41) is 42.0. The first-order valence-corrected chi connectivity index (χ1v) is 11.5. The topological polar surface area (TPSA) is 290 Å². The molecule has 1 heterocycles. The highest BCUT2D eigenvalue weighted by atomic mass is 32.3. The fourth-order valence-corrected chi connectivity index (χ4v) is 3.22. The van der Waals surface area contributed by atoms with Crippen LogP contribution >= 0.6 is 0 Å². The van der Waals surface area contributed by atoms with Gasteiger partial charge in [0.05, 0.1) is 6.61 Å². The molecule has 0 saturated heterocycles. The number of aliphatic hydroxyl groups excluding tert-OH is 3. The molecule has 6 atom stereocenters. The first-order valence-electron chi connectivity index (χ1n) is 9.20. The predicted octanol–water partition coefficient (Wildman–Crippen LogP) is -4.16. The fraction of sp³-hybridized carbons (Fsp3) is 0.643. The lowest BCUT2D eigenvalue weighted by molar-refractivity contribution is -0.172. The Morgan fingerprint density at radius 2 is 1.91 bits per heavy atom. The molecule has 0 saturated carbocycles. The van der Waals surface area contributed by atoms with Crippen molar-refractivity contribution in [1.82, 2.24) is 5.32 Å². The van der Waals surface area contributed by atoms with Gasteiger partial charge in [-0.3, -0.25) is 13.9 Å². The Labute approximate surface area is 193 Å². The average molecular weight is 540 g/mol. The van der Waals surface area contributed by atoms with E-state index in [2.05, 4.69) is 12.9 Å². The molecule has 34 heavy (non-hydrogen) atoms. The van der Waals surface area contributed by atoms with Crippen molar-refractivity contribution in [2.75, 3.05) is 6.61 Å². The minimum atomic E-state index is -5.38. The molecule has 0 bridgehead atoms. The maximum Gasteiger partial charge on any atom is 0.446 e. The number of carboxylic acids is 1. The summed E-state index contributed by atoms with van der Waals surface area (Å²) in [4.78, 5) is 33.9. The van der Waals surface area contributed by atoms with Crippen LogP contribution in [0.1, 0.15) is 13.3 Å². The molecule has 0 unspecified atom stereocenters. The van der Waals surface area contributed by atoms with E-state index in [1.54, 1.807) is 0 Å². The second-order valence-corrected chi connectivity index (χ2v) is 8.63. The van der Waals surface area contributed by atoms with Crippen molar-refractivity contribution < 1.29 is 78.6 Å². The normalized spacial score (nSPS) is 22.9. The molecule has 18 nitrogen and oxygen atoms in total. The van der Waals surface area contributed by atoms with Gasteiger partial charge >= 0.3 is 32.7 Å². The molecule has 1 rings (SSSR count). The zero-order valence-corrected chi connectivity index (χ0v) is 18.5. The summed E-state index contributed by atoms with van der Waals surface area (Å²) in [5.74, 6) is -5.16. The van der Waals surface area contributed by atoms with Gasteiger partial charge in [0, 0.05) is 13.3 Å². The molecule has 0 aromatic rings. The van der Waals surface area contributed by atoms with Gasteiger partial charge in [-0.05, 0) is 0 Å². The molecule has 0 radical (unpaired) electrons. The van der Waals surface area contributed by atoms with Crippen LogP contribution in [0.15, 0.2) is 11.7 Å². The van der Waals surface area contributed by atoms with Gasteiger partial charge in [0.1, 0.15) is 30.6 Å². The van der Waals surface area contributed by atoms with Gasteiger partial charge in [0.2, 0.25) is 19.2 Å². The van der Waals surface area contributed by atoms with Crippen LogP contribution < -0.4 is 5.32 Å². The molecular formula is C14H21NO17S2. The summed E-state index contributed by atoms with van der Waals surface area (Å²) in [7, 11) is -10.4. The van der Waals surface area contributed by atoms with Gasteiger partial charge in [0.25, 0.3) is 0 Å². The van der Waals surface area contributed by atoms with E-state index in [9.17, 15) is 46.5 Å². The Hall–Kier alpha value is -2.59.